The van der Waals surface area contributed by atoms with E-state index in [1.807, 2.05) is 30.8 Å². The molecule has 4 heteroatoms. The number of carbonyl (C=O) groups is 1. The molecule has 1 aromatic carbocycles. The van der Waals surface area contributed by atoms with Gasteiger partial charge < -0.3 is 5.32 Å². The summed E-state index contributed by atoms with van der Waals surface area (Å²) in [5.74, 6) is 2.79. The first-order valence-corrected chi connectivity index (χ1v) is 9.92. The Balaban J connectivity index is 1.41. The van der Waals surface area contributed by atoms with Gasteiger partial charge in [-0.3, -0.25) is 4.79 Å². The zero-order valence-electron chi connectivity index (χ0n) is 14.1. The first-order valence-electron chi connectivity index (χ1n) is 9.04. The first kappa shape index (κ1) is 16.0. The normalized spacial score (nSPS) is 34.6. The lowest BCUT2D eigenvalue weighted by Gasteiger charge is -2.57. The van der Waals surface area contributed by atoms with Crippen molar-refractivity contribution in [2.24, 2.45) is 17.8 Å². The second-order valence-corrected chi connectivity index (χ2v) is 9.85. The fraction of sp³-hybridized carbons (Fsp3) is 0.600. The number of hydrogen-bond acceptors (Lipinski definition) is 3. The van der Waals surface area contributed by atoms with E-state index < -0.39 is 0 Å². The van der Waals surface area contributed by atoms with Gasteiger partial charge in [-0.25, -0.2) is 0 Å². The number of anilines is 1. The maximum atomic E-state index is 12.6. The van der Waals surface area contributed by atoms with Crippen molar-refractivity contribution in [1.82, 2.24) is 0 Å². The summed E-state index contributed by atoms with van der Waals surface area (Å²) in [7, 11) is 0. The Labute approximate surface area is 148 Å². The Morgan fingerprint density at radius 2 is 1.88 bits per heavy atom. The lowest BCUT2D eigenvalue weighted by atomic mass is 9.56. The van der Waals surface area contributed by atoms with E-state index in [-0.39, 0.29) is 11.2 Å². The van der Waals surface area contributed by atoms with Crippen LogP contribution < -0.4 is 5.32 Å². The van der Waals surface area contributed by atoms with Crippen molar-refractivity contribution in [1.29, 1.82) is 5.26 Å². The van der Waals surface area contributed by atoms with Crippen LogP contribution in [0.15, 0.2) is 24.3 Å². The number of carbonyl (C=O) groups excluding carboxylic acids is 1. The molecule has 3 nitrogen and oxygen atoms in total. The van der Waals surface area contributed by atoms with Crippen LogP contribution in [-0.4, -0.2) is 15.9 Å². The molecular formula is C20H24N2OS. The highest BCUT2D eigenvalue weighted by molar-refractivity contribution is 8.01. The molecule has 1 aromatic rings. The van der Waals surface area contributed by atoms with Crippen molar-refractivity contribution in [3.05, 3.63) is 29.8 Å². The van der Waals surface area contributed by atoms with E-state index in [2.05, 4.69) is 11.4 Å². The molecule has 1 N–H and O–H groups in total. The van der Waals surface area contributed by atoms with Crippen LogP contribution >= 0.6 is 11.8 Å². The molecule has 0 unspecified atom stereocenters. The quantitative estimate of drug-likeness (QED) is 0.872. The predicted octanol–water partition coefficient (Wildman–Crippen LogP) is 4.59. The van der Waals surface area contributed by atoms with Gasteiger partial charge in [0.05, 0.1) is 16.9 Å². The van der Waals surface area contributed by atoms with E-state index in [0.717, 1.165) is 23.4 Å². The van der Waals surface area contributed by atoms with Gasteiger partial charge in [0.15, 0.2) is 0 Å². The summed E-state index contributed by atoms with van der Waals surface area (Å²) in [5.41, 5.74) is 1.30. The van der Waals surface area contributed by atoms with E-state index in [9.17, 15) is 4.79 Å². The summed E-state index contributed by atoms with van der Waals surface area (Å²) < 4.78 is 0.347. The smallest absolute Gasteiger partial charge is 0.237 e. The van der Waals surface area contributed by atoms with Crippen LogP contribution in [0.5, 0.6) is 0 Å². The summed E-state index contributed by atoms with van der Waals surface area (Å²) >= 11 is 1.92. The molecule has 0 spiro atoms. The van der Waals surface area contributed by atoms with Crippen molar-refractivity contribution in [3.63, 3.8) is 0 Å². The largest absolute Gasteiger partial charge is 0.325 e. The van der Waals surface area contributed by atoms with E-state index in [0.29, 0.717) is 10.3 Å². The molecule has 0 radical (unpaired) electrons. The van der Waals surface area contributed by atoms with Gasteiger partial charge in [-0.1, -0.05) is 6.07 Å². The van der Waals surface area contributed by atoms with Crippen LogP contribution in [0.25, 0.3) is 0 Å². The third kappa shape index (κ3) is 3.07. The maximum absolute atomic E-state index is 12.6. The average Bonchev–Trinajstić information content (AvgIpc) is 2.53. The predicted molar refractivity (Wildman–Crippen MR) is 97.7 cm³/mol. The standard InChI is InChI=1S/C20H24N2OS/c1-13(19(23)22-18-4-2-3-14(8-18)12-21)24-20-9-15-5-16(10-20)7-17(6-15)11-20/h2-4,8,13,15-17H,5-7,9-11H2,1H3,(H,22,23)/t13-,15?,16?,17?,20?/m0/s1. The molecule has 1 atom stereocenters. The summed E-state index contributed by atoms with van der Waals surface area (Å²) in [6.45, 7) is 2.03. The minimum Gasteiger partial charge on any atom is -0.325 e. The van der Waals surface area contributed by atoms with E-state index in [1.54, 1.807) is 12.1 Å². The molecule has 4 aliphatic rings. The summed E-state index contributed by atoms with van der Waals surface area (Å²) in [6, 6.07) is 9.26. The minimum absolute atomic E-state index is 0.0491. The molecule has 0 aliphatic heterocycles. The average molecular weight is 340 g/mol. The van der Waals surface area contributed by atoms with E-state index >= 15 is 0 Å². The Morgan fingerprint density at radius 3 is 2.46 bits per heavy atom. The highest BCUT2D eigenvalue weighted by atomic mass is 32.2. The molecule has 0 aromatic heterocycles. The second-order valence-electron chi connectivity index (χ2n) is 8.04. The molecule has 4 fully saturated rings. The number of benzene rings is 1. The number of amides is 1. The first-order chi connectivity index (χ1) is 11.5. The number of hydrogen-bond donors (Lipinski definition) is 1. The second kappa shape index (κ2) is 6.11. The van der Waals surface area contributed by atoms with Crippen LogP contribution in [0, 0.1) is 29.1 Å². The Kier molecular flexibility index (Phi) is 4.08. The molecular weight excluding hydrogens is 316 g/mol. The zero-order valence-corrected chi connectivity index (χ0v) is 14.9. The van der Waals surface area contributed by atoms with Gasteiger partial charge in [0, 0.05) is 10.4 Å². The van der Waals surface area contributed by atoms with Crippen molar-refractivity contribution in [3.8, 4) is 6.07 Å². The molecule has 4 bridgehead atoms. The van der Waals surface area contributed by atoms with Crippen LogP contribution in [0.2, 0.25) is 0 Å². The van der Waals surface area contributed by atoms with Crippen molar-refractivity contribution in [2.45, 2.75) is 55.4 Å². The molecule has 0 heterocycles. The van der Waals surface area contributed by atoms with Gasteiger partial charge in [0.1, 0.15) is 0 Å². The van der Waals surface area contributed by atoms with Gasteiger partial charge in [0.2, 0.25) is 5.91 Å². The van der Waals surface area contributed by atoms with Gasteiger partial charge in [-0.05, 0) is 81.4 Å². The molecule has 4 saturated carbocycles. The molecule has 0 saturated heterocycles. The maximum Gasteiger partial charge on any atom is 0.237 e. The number of nitrogens with one attached hydrogen (secondary N) is 1. The summed E-state index contributed by atoms with van der Waals surface area (Å²) in [5, 5.41) is 11.9. The number of nitrogens with zero attached hydrogens (tertiary/aromatic N) is 1. The highest BCUT2D eigenvalue weighted by Gasteiger charge is 2.52. The monoisotopic (exact) mass is 340 g/mol. The minimum atomic E-state index is -0.0491. The van der Waals surface area contributed by atoms with Gasteiger partial charge >= 0.3 is 0 Å². The molecule has 4 aliphatic carbocycles. The number of thioether (sulfide) groups is 1. The lowest BCUT2D eigenvalue weighted by Crippen LogP contribution is -2.49. The topological polar surface area (TPSA) is 52.9 Å². The Morgan fingerprint density at radius 1 is 1.25 bits per heavy atom. The Hall–Kier alpha value is -1.47. The molecule has 1 amide bonds. The van der Waals surface area contributed by atoms with Crippen molar-refractivity contribution < 1.29 is 4.79 Å². The summed E-state index contributed by atoms with van der Waals surface area (Å²) in [4.78, 5) is 12.6. The third-order valence-electron chi connectivity index (χ3n) is 6.04. The third-order valence-corrected chi connectivity index (χ3v) is 7.60. The number of nitriles is 1. The van der Waals surface area contributed by atoms with Crippen LogP contribution in [-0.2, 0) is 4.79 Å². The SMILES string of the molecule is C[C@H](SC12CC3CC(CC(C3)C1)C2)C(=O)Nc1cccc(C#N)c1. The lowest BCUT2D eigenvalue weighted by molar-refractivity contribution is -0.115. The summed E-state index contributed by atoms with van der Waals surface area (Å²) in [6.07, 6.45) is 8.23. The fourth-order valence-corrected chi connectivity index (χ4v) is 7.43. The van der Waals surface area contributed by atoms with Gasteiger partial charge in [-0.15, -0.1) is 11.8 Å². The zero-order chi connectivity index (χ0) is 16.7. The Bertz CT molecular complexity index is 658. The molecule has 126 valence electrons. The van der Waals surface area contributed by atoms with Gasteiger partial charge in [-0.2, -0.15) is 5.26 Å². The van der Waals surface area contributed by atoms with Gasteiger partial charge in [0.25, 0.3) is 0 Å². The van der Waals surface area contributed by atoms with Crippen molar-refractivity contribution in [2.75, 3.05) is 5.32 Å². The van der Waals surface area contributed by atoms with Crippen molar-refractivity contribution >= 4 is 23.4 Å². The highest BCUT2D eigenvalue weighted by Crippen LogP contribution is 2.61. The van der Waals surface area contributed by atoms with Crippen LogP contribution in [0.1, 0.15) is 51.0 Å². The molecule has 5 rings (SSSR count). The van der Waals surface area contributed by atoms with Crippen LogP contribution in [0.4, 0.5) is 5.69 Å². The fourth-order valence-electron chi connectivity index (χ4n) is 5.51. The molecule has 24 heavy (non-hydrogen) atoms. The van der Waals surface area contributed by atoms with Crippen LogP contribution in [0.3, 0.4) is 0 Å². The number of rotatable bonds is 4. The van der Waals surface area contributed by atoms with E-state index in [1.165, 1.54) is 38.5 Å². The van der Waals surface area contributed by atoms with E-state index in [4.69, 9.17) is 5.26 Å².